The van der Waals surface area contributed by atoms with Crippen LogP contribution >= 0.6 is 35.3 Å². The minimum absolute atomic E-state index is 0.0854. The molecule has 0 bridgehead atoms. The molecule has 73 heavy (non-hydrogen) atoms. The van der Waals surface area contributed by atoms with Crippen LogP contribution in [-0.2, 0) is 28.7 Å². The van der Waals surface area contributed by atoms with Gasteiger partial charge in [-0.15, -0.1) is 0 Å². The maximum absolute atomic E-state index is 13.4. The van der Waals surface area contributed by atoms with Gasteiger partial charge in [-0.25, -0.2) is 19.2 Å². The van der Waals surface area contributed by atoms with Crippen LogP contribution in [-0.4, -0.2) is 128 Å². The molecule has 4 amide bonds. The maximum Gasteiger partial charge on any atom is 0.408 e. The summed E-state index contributed by atoms with van der Waals surface area (Å²) >= 11 is 4.30. The summed E-state index contributed by atoms with van der Waals surface area (Å²) in [5.41, 5.74) is 5.87. The Bertz CT molecular complexity index is 1930. The zero-order valence-corrected chi connectivity index (χ0v) is 48.9. The first-order valence-electron chi connectivity index (χ1n) is 25.3. The number of aliphatic carboxylic acids is 2. The third-order valence-corrected chi connectivity index (χ3v) is 13.8. The van der Waals surface area contributed by atoms with Crippen molar-refractivity contribution in [2.75, 3.05) is 35.0 Å². The number of rotatable bonds is 36. The van der Waals surface area contributed by atoms with Gasteiger partial charge in [0.05, 0.1) is 6.10 Å². The first-order chi connectivity index (χ1) is 34.0. The zero-order valence-electron chi connectivity index (χ0n) is 46.5. The van der Waals surface area contributed by atoms with Crippen LogP contribution in [0.3, 0.4) is 0 Å². The molecule has 0 aromatic carbocycles. The minimum Gasteiger partial charge on any atom is -0.480 e. The van der Waals surface area contributed by atoms with Crippen molar-refractivity contribution < 1.29 is 53.6 Å². The molecule has 18 heteroatoms. The second-order valence-corrected chi connectivity index (χ2v) is 23.7. The lowest BCUT2D eigenvalue weighted by Crippen LogP contribution is -2.56. The number of alkyl carbamates (subject to hydrolysis) is 2. The Morgan fingerprint density at radius 1 is 0.548 bits per heavy atom. The number of thioether (sulfide) groups is 3. The SMILES string of the molecule is CSCCC(NC(=O)OC(C)(C)CCC(C)=CCCC(C)=CCCC(C)=CCSCC(NC(=O)C(NC(=O)OC(C)(C)C)C(C)O)C(=O)O)C(=O)NC(CSCC=C(C)CCC=C(C)CCC=C(C)C)C(=O)O. The van der Waals surface area contributed by atoms with Crippen molar-refractivity contribution in [3.63, 3.8) is 0 Å². The second-order valence-electron chi connectivity index (χ2n) is 20.6. The molecule has 0 spiro atoms. The van der Waals surface area contributed by atoms with Gasteiger partial charge in [0, 0.05) is 23.0 Å². The van der Waals surface area contributed by atoms with Crippen LogP contribution < -0.4 is 21.3 Å². The Hall–Kier alpha value is -4.13. The van der Waals surface area contributed by atoms with Crippen LogP contribution in [0.5, 0.6) is 0 Å². The molecule has 7 N–H and O–H groups in total. The average Bonchev–Trinajstić information content (AvgIpc) is 3.26. The molecule has 0 heterocycles. The summed E-state index contributed by atoms with van der Waals surface area (Å²) in [7, 11) is 0. The number of carbonyl (C=O) groups is 6. The summed E-state index contributed by atoms with van der Waals surface area (Å²) in [6.07, 6.45) is 21.1. The maximum atomic E-state index is 13.4. The van der Waals surface area contributed by atoms with E-state index in [1.807, 2.05) is 33.1 Å². The molecule has 0 saturated heterocycles. The first-order valence-corrected chi connectivity index (χ1v) is 29.0. The number of nitrogens with one attached hydrogen (secondary N) is 4. The van der Waals surface area contributed by atoms with E-state index in [9.17, 15) is 44.1 Å². The summed E-state index contributed by atoms with van der Waals surface area (Å²) in [6.45, 7) is 24.6. The number of amides is 4. The highest BCUT2D eigenvalue weighted by molar-refractivity contribution is 7.99. The summed E-state index contributed by atoms with van der Waals surface area (Å²) in [6, 6.07) is -4.69. The normalized spacial score (nSPS) is 15.0. The Balaban J connectivity index is 4.97. The zero-order chi connectivity index (χ0) is 55.7. The van der Waals surface area contributed by atoms with Crippen molar-refractivity contribution in [3.05, 3.63) is 69.9 Å². The predicted octanol–water partition coefficient (Wildman–Crippen LogP) is 11.1. The van der Waals surface area contributed by atoms with E-state index >= 15 is 0 Å². The van der Waals surface area contributed by atoms with Crippen LogP contribution in [0.1, 0.15) is 161 Å². The van der Waals surface area contributed by atoms with Crippen molar-refractivity contribution >= 4 is 71.2 Å². The van der Waals surface area contributed by atoms with Crippen LogP contribution in [0.25, 0.3) is 0 Å². The number of carboxylic acid groups (broad SMARTS) is 2. The van der Waals surface area contributed by atoms with Gasteiger partial charge in [0.15, 0.2) is 0 Å². The molecule has 5 unspecified atom stereocenters. The number of carbonyl (C=O) groups excluding carboxylic acids is 4. The number of aliphatic hydroxyl groups is 1. The molecule has 0 aliphatic carbocycles. The lowest BCUT2D eigenvalue weighted by molar-refractivity contribution is -0.142. The number of allylic oxidation sites excluding steroid dienone is 10. The fourth-order valence-corrected chi connectivity index (χ4v) is 9.18. The minimum atomic E-state index is -1.39. The van der Waals surface area contributed by atoms with Gasteiger partial charge < -0.3 is 46.1 Å². The highest BCUT2D eigenvalue weighted by atomic mass is 32.2. The molecule has 0 aromatic heterocycles. The van der Waals surface area contributed by atoms with Gasteiger partial charge in [-0.1, -0.05) is 69.9 Å². The van der Waals surface area contributed by atoms with E-state index in [0.717, 1.165) is 56.9 Å². The number of aliphatic hydroxyl groups excluding tert-OH is 1. The molecule has 0 fully saturated rings. The van der Waals surface area contributed by atoms with Crippen LogP contribution in [0, 0.1) is 0 Å². The predicted molar refractivity (Wildman–Crippen MR) is 303 cm³/mol. The second kappa shape index (κ2) is 37.6. The Morgan fingerprint density at radius 2 is 0.959 bits per heavy atom. The van der Waals surface area contributed by atoms with Gasteiger partial charge in [-0.2, -0.15) is 35.3 Å². The molecule has 416 valence electrons. The molecule has 0 aliphatic rings. The van der Waals surface area contributed by atoms with Crippen molar-refractivity contribution in [3.8, 4) is 0 Å². The van der Waals surface area contributed by atoms with Gasteiger partial charge in [-0.3, -0.25) is 9.59 Å². The molecular formula is C55H92N4O11S3. The highest BCUT2D eigenvalue weighted by Gasteiger charge is 2.32. The highest BCUT2D eigenvalue weighted by Crippen LogP contribution is 2.22. The van der Waals surface area contributed by atoms with E-state index in [1.165, 1.54) is 70.1 Å². The van der Waals surface area contributed by atoms with Crippen LogP contribution in [0.4, 0.5) is 9.59 Å². The Labute approximate surface area is 450 Å². The van der Waals surface area contributed by atoms with Crippen molar-refractivity contribution in [1.82, 2.24) is 21.3 Å². The lowest BCUT2D eigenvalue weighted by Gasteiger charge is -2.27. The smallest absolute Gasteiger partial charge is 0.408 e. The number of ether oxygens (including phenoxy) is 2. The van der Waals surface area contributed by atoms with Crippen LogP contribution in [0.15, 0.2) is 69.9 Å². The van der Waals surface area contributed by atoms with Gasteiger partial charge >= 0.3 is 24.1 Å². The average molecular weight is 1080 g/mol. The third-order valence-electron chi connectivity index (χ3n) is 11.2. The molecule has 5 atom stereocenters. The van der Waals surface area contributed by atoms with Crippen molar-refractivity contribution in [2.24, 2.45) is 0 Å². The van der Waals surface area contributed by atoms with E-state index in [-0.39, 0.29) is 11.5 Å². The van der Waals surface area contributed by atoms with E-state index in [4.69, 9.17) is 9.47 Å². The van der Waals surface area contributed by atoms with E-state index in [0.29, 0.717) is 36.5 Å². The summed E-state index contributed by atoms with van der Waals surface area (Å²) in [5, 5.41) is 39.8. The van der Waals surface area contributed by atoms with E-state index < -0.39 is 77.4 Å². The summed E-state index contributed by atoms with van der Waals surface area (Å²) < 4.78 is 11.0. The van der Waals surface area contributed by atoms with Gasteiger partial charge in [0.1, 0.15) is 35.4 Å². The molecule has 0 rings (SSSR count). The summed E-state index contributed by atoms with van der Waals surface area (Å²) in [5.74, 6) is -1.73. The number of hydrogen-bond donors (Lipinski definition) is 7. The van der Waals surface area contributed by atoms with E-state index in [2.05, 4.69) is 93.2 Å². The Kier molecular flexibility index (Phi) is 35.5. The lowest BCUT2D eigenvalue weighted by atomic mass is 9.98. The van der Waals surface area contributed by atoms with Crippen LogP contribution in [0.2, 0.25) is 0 Å². The monoisotopic (exact) mass is 1080 g/mol. The van der Waals surface area contributed by atoms with Gasteiger partial charge in [0.2, 0.25) is 11.8 Å². The Morgan fingerprint density at radius 3 is 1.37 bits per heavy atom. The quantitative estimate of drug-likeness (QED) is 0.0229. The summed E-state index contributed by atoms with van der Waals surface area (Å²) in [4.78, 5) is 75.5. The fraction of sp³-hybridized carbons (Fsp3) is 0.673. The van der Waals surface area contributed by atoms with Crippen molar-refractivity contribution in [1.29, 1.82) is 0 Å². The van der Waals surface area contributed by atoms with Crippen molar-refractivity contribution in [2.45, 2.75) is 202 Å². The molecule has 0 aromatic rings. The topological polar surface area (TPSA) is 230 Å². The third kappa shape index (κ3) is 36.5. The molecular weight excluding hydrogens is 989 g/mol. The number of carboxylic acids is 2. The molecule has 0 aliphatic heterocycles. The standard InChI is InChI=1S/C55H92N4O11S3/c1-37(2)19-15-20-38(3)22-17-25-41(6)28-33-72-35-45(50(63)64)56-48(61)44(30-32-71-14)58-52(67)70-55(12,13)31-27-40(5)24-16-21-39(4)23-18-26-42(7)29-34-73-36-46(51(65)66)57-49(62)47(43(8)60)59-53(68)69-54(9,10)11/h19,22-24,28-29,43-47,60H,15-18,20-21,25-27,30-36H2,1-14H3,(H,56,61)(H,57,62)(H,58,67)(H,59,68)(H,63,64)(H,65,66). The largest absolute Gasteiger partial charge is 0.480 e. The van der Waals surface area contributed by atoms with E-state index in [1.54, 1.807) is 20.8 Å². The van der Waals surface area contributed by atoms with Gasteiger partial charge in [-0.05, 0) is 173 Å². The number of hydrogen-bond acceptors (Lipinski definition) is 12. The molecule has 0 saturated carbocycles. The van der Waals surface area contributed by atoms with Gasteiger partial charge in [0.25, 0.3) is 0 Å². The molecule has 0 radical (unpaired) electrons. The fourth-order valence-electron chi connectivity index (χ4n) is 6.71. The first kappa shape index (κ1) is 68.9. The molecule has 15 nitrogen and oxygen atoms in total.